The van der Waals surface area contributed by atoms with Crippen LogP contribution in [0.3, 0.4) is 0 Å². The first-order chi connectivity index (χ1) is 29.7. The predicted octanol–water partition coefficient (Wildman–Crippen LogP) is 10.4. The number of allylic oxidation sites excluding steroid dienone is 4. The molecule has 0 saturated carbocycles. The first-order valence-electron chi connectivity index (χ1n) is 23.5. The van der Waals surface area contributed by atoms with Crippen molar-refractivity contribution in [3.63, 3.8) is 0 Å². The van der Waals surface area contributed by atoms with Crippen LogP contribution in [0.1, 0.15) is 180 Å². The standard InChI is InChI=1S/C54H71N4O4.Mg/c1-12-39-35(8)43-27-45-37(10)41(23-24-49(60)62-26-25-34(7)22-16-21-33(6)20-15-19-32(5)18-14-17-31(3)4)52(57-45)51-42(30-59)54(61)50-38(11)46(58-53(50)51)29-48-40(13-2)36(9)44(56-48)28-47(39)55-43;/h12,25,27-33,37,41-42H,1,13-24,26H2,2-11H3,(H-,57,58,61);/q-3;+2/p-1/b34-25+,44-28-,45-27-,48-29-;/t32-,33-,37+,41+,42-;/m1./s1. The molecule has 6 rings (SSSR count). The van der Waals surface area contributed by atoms with Gasteiger partial charge in [0.25, 0.3) is 0 Å². The third kappa shape index (κ3) is 11.2. The van der Waals surface area contributed by atoms with Crippen LogP contribution in [0.4, 0.5) is 0 Å². The van der Waals surface area contributed by atoms with Crippen molar-refractivity contribution < 1.29 is 19.1 Å². The number of ketones is 1. The van der Waals surface area contributed by atoms with E-state index < -0.39 is 5.92 Å². The molecule has 3 aromatic heterocycles. The maximum atomic E-state index is 14.1. The molecule has 3 aliphatic rings. The minimum Gasteiger partial charge on any atom is -0.664 e. The quantitative estimate of drug-likeness (QED) is 0.0365. The predicted molar refractivity (Wildman–Crippen MR) is 259 cm³/mol. The summed E-state index contributed by atoms with van der Waals surface area (Å²) in [4.78, 5) is 55.4. The van der Waals surface area contributed by atoms with Gasteiger partial charge in [-0.3, -0.25) is 9.59 Å². The zero-order valence-corrected chi connectivity index (χ0v) is 41.4. The van der Waals surface area contributed by atoms with Crippen molar-refractivity contribution in [1.29, 1.82) is 0 Å². The van der Waals surface area contributed by atoms with Gasteiger partial charge in [0.1, 0.15) is 18.8 Å². The van der Waals surface area contributed by atoms with Crippen LogP contribution in [0.15, 0.2) is 29.6 Å². The Morgan fingerprint density at radius 1 is 0.841 bits per heavy atom. The number of esters is 1. The topological polar surface area (TPSA) is 117 Å². The Kier molecular flexibility index (Phi) is 17.6. The molecule has 0 spiro atoms. The number of carbonyl (C=O) groups is 3. The van der Waals surface area contributed by atoms with Gasteiger partial charge < -0.3 is 29.8 Å². The van der Waals surface area contributed by atoms with Gasteiger partial charge in [-0.05, 0) is 94.6 Å². The van der Waals surface area contributed by atoms with E-state index in [4.69, 9.17) is 25.0 Å². The van der Waals surface area contributed by atoms with Crippen LogP contribution in [0, 0.1) is 56.3 Å². The van der Waals surface area contributed by atoms with Gasteiger partial charge in [-0.15, -0.1) is 33.5 Å². The summed E-state index contributed by atoms with van der Waals surface area (Å²) in [5.74, 6) is 0.382. The van der Waals surface area contributed by atoms with Gasteiger partial charge in [-0.1, -0.05) is 151 Å². The summed E-state index contributed by atoms with van der Waals surface area (Å²) in [5.41, 5.74) is 11.2. The van der Waals surface area contributed by atoms with Gasteiger partial charge in [0, 0.05) is 12.0 Å². The Bertz CT molecular complexity index is 2380. The monoisotopic (exact) mass is 863 g/mol. The molecule has 63 heavy (non-hydrogen) atoms. The molecule has 0 amide bonds. The third-order valence-corrected chi connectivity index (χ3v) is 14.0. The number of aromatic nitrogens is 3. The molecule has 0 N–H and O–H groups in total. The minimum absolute atomic E-state index is 0. The SMILES string of the molecule is C=Cc1c2[n-]c(c1C)/C=C1\[N-]/C(=C3\c4[n-]c(c(C)c4C(=O)[C@@H]3C=O)/C=c3\[n-]/c(c(C)c3CC)=C\2)[C@@H](CCC(=O)OC/C=C(\C)CCC[C@H](C)CCC[C@H](C)CCCC(C)C)[C@@H]1C.[Mg+2]. The fraction of sp³-hybridized carbons (Fsp3) is 0.537. The zero-order valence-electron chi connectivity index (χ0n) is 40.0. The van der Waals surface area contributed by atoms with Gasteiger partial charge in [0.05, 0.1) is 0 Å². The summed E-state index contributed by atoms with van der Waals surface area (Å²) in [6, 6.07) is 0. The number of aldehydes is 1. The van der Waals surface area contributed by atoms with E-state index in [0.717, 1.165) is 98.9 Å². The van der Waals surface area contributed by atoms with Crippen molar-refractivity contribution in [1.82, 2.24) is 15.0 Å². The zero-order chi connectivity index (χ0) is 44.8. The molecule has 0 unspecified atom stereocenters. The molecule has 5 atom stereocenters. The van der Waals surface area contributed by atoms with Crippen molar-refractivity contribution in [2.45, 2.75) is 146 Å². The molecule has 3 aromatic rings. The van der Waals surface area contributed by atoms with E-state index in [1.54, 1.807) is 0 Å². The Balaban J connectivity index is 0.00000748. The van der Waals surface area contributed by atoms with Gasteiger partial charge in [0.2, 0.25) is 0 Å². The van der Waals surface area contributed by atoms with Crippen LogP contribution in [0.25, 0.3) is 35.2 Å². The average molecular weight is 863 g/mol. The molecule has 0 radical (unpaired) electrons. The molecule has 334 valence electrons. The van der Waals surface area contributed by atoms with Crippen molar-refractivity contribution in [3.8, 4) is 0 Å². The Hall–Kier alpha value is -4.08. The molecule has 1 saturated heterocycles. The number of fused-ring (bicyclic) bond motifs is 7. The van der Waals surface area contributed by atoms with E-state index in [1.807, 2.05) is 44.2 Å². The van der Waals surface area contributed by atoms with E-state index in [2.05, 4.69) is 62.0 Å². The maximum Gasteiger partial charge on any atom is 2.00 e. The van der Waals surface area contributed by atoms with Crippen molar-refractivity contribution in [2.75, 3.05) is 6.61 Å². The summed E-state index contributed by atoms with van der Waals surface area (Å²) < 4.78 is 5.77. The Morgan fingerprint density at radius 3 is 2.14 bits per heavy atom. The summed E-state index contributed by atoms with van der Waals surface area (Å²) in [7, 11) is 0. The fourth-order valence-corrected chi connectivity index (χ4v) is 9.90. The second-order valence-corrected chi connectivity index (χ2v) is 19.1. The van der Waals surface area contributed by atoms with Gasteiger partial charge in [0.15, 0.2) is 5.78 Å². The third-order valence-electron chi connectivity index (χ3n) is 14.0. The fourth-order valence-electron chi connectivity index (χ4n) is 9.90. The van der Waals surface area contributed by atoms with Crippen molar-refractivity contribution >= 4 is 71.0 Å². The molecule has 2 aliphatic heterocycles. The number of Topliss-reactive ketones (excluding diaryl/α,β-unsaturated/α-hetero) is 1. The Morgan fingerprint density at radius 2 is 1.49 bits per heavy atom. The molecule has 8 bridgehead atoms. The number of rotatable bonds is 20. The largest absolute Gasteiger partial charge is 2.00 e. The van der Waals surface area contributed by atoms with Crippen LogP contribution in [-0.4, -0.2) is 47.7 Å². The molecule has 9 heteroatoms. The molecular weight excluding hydrogens is 793 g/mol. The van der Waals surface area contributed by atoms with E-state index in [0.29, 0.717) is 34.6 Å². The van der Waals surface area contributed by atoms with E-state index in [1.165, 1.54) is 50.5 Å². The number of carbonyl (C=O) groups excluding carboxylic acids is 3. The van der Waals surface area contributed by atoms with Gasteiger partial charge >= 0.3 is 29.0 Å². The van der Waals surface area contributed by atoms with E-state index >= 15 is 0 Å². The molecular formula is C54H70MgN4O4-2. The second kappa shape index (κ2) is 22.2. The summed E-state index contributed by atoms with van der Waals surface area (Å²) in [6.07, 6.45) is 23.3. The normalized spacial score (nSPS) is 22.0. The van der Waals surface area contributed by atoms with Crippen LogP contribution < -0.4 is 25.7 Å². The first-order valence-corrected chi connectivity index (χ1v) is 23.5. The van der Waals surface area contributed by atoms with Crippen LogP contribution >= 0.6 is 0 Å². The van der Waals surface area contributed by atoms with Crippen molar-refractivity contribution in [3.05, 3.63) is 102 Å². The number of ether oxygens (including phenoxy) is 1. The van der Waals surface area contributed by atoms with Crippen LogP contribution in [0.5, 0.6) is 0 Å². The molecule has 0 aromatic carbocycles. The van der Waals surface area contributed by atoms with Crippen molar-refractivity contribution in [2.24, 2.45) is 35.5 Å². The second-order valence-electron chi connectivity index (χ2n) is 19.1. The number of hydrogen-bond acceptors (Lipinski definition) is 4. The van der Waals surface area contributed by atoms with Crippen LogP contribution in [-0.2, 0) is 20.7 Å². The van der Waals surface area contributed by atoms with Gasteiger partial charge in [-0.25, -0.2) is 0 Å². The Labute approximate surface area is 393 Å². The van der Waals surface area contributed by atoms with E-state index in [9.17, 15) is 14.4 Å². The smallest absolute Gasteiger partial charge is 0.664 e. The molecule has 8 nitrogen and oxygen atoms in total. The molecule has 1 aliphatic carbocycles. The average Bonchev–Trinajstić information content (AvgIpc) is 3.97. The molecule has 1 fully saturated rings. The molecule has 5 heterocycles. The van der Waals surface area contributed by atoms with Crippen LogP contribution in [0.2, 0.25) is 0 Å². The van der Waals surface area contributed by atoms with Gasteiger partial charge in [-0.2, -0.15) is 11.4 Å². The van der Waals surface area contributed by atoms with E-state index in [-0.39, 0.29) is 59.7 Å². The minimum atomic E-state index is -1.02. The summed E-state index contributed by atoms with van der Waals surface area (Å²) in [5, 5.41) is 6.85. The maximum absolute atomic E-state index is 14.1. The summed E-state index contributed by atoms with van der Waals surface area (Å²) >= 11 is 0. The first kappa shape index (κ1) is 49.9. The number of hydrogen-bond donors (Lipinski definition) is 0. The summed E-state index contributed by atoms with van der Waals surface area (Å²) in [6.45, 7) is 26.1. The number of nitrogens with zero attached hydrogens (tertiary/aromatic N) is 4.